The Kier molecular flexibility index (Phi) is 2.64. The standard InChI is InChI=1S/C24H15NO/c1-2-8-15(9-3-1)18-14-19-16-10-5-7-13-21(16)26-24(19)23-22(18)17-11-4-6-12-20(17)25-23/h1-14,25H. The van der Waals surface area contributed by atoms with E-state index >= 15 is 0 Å². The number of hydrogen-bond donors (Lipinski definition) is 1. The second-order valence-corrected chi connectivity index (χ2v) is 6.69. The summed E-state index contributed by atoms with van der Waals surface area (Å²) in [6, 6.07) is 29.6. The molecule has 0 aliphatic carbocycles. The van der Waals surface area contributed by atoms with E-state index in [1.165, 1.54) is 21.9 Å². The maximum Gasteiger partial charge on any atom is 0.159 e. The summed E-state index contributed by atoms with van der Waals surface area (Å²) in [6.45, 7) is 0. The minimum Gasteiger partial charge on any atom is -0.454 e. The van der Waals surface area contributed by atoms with Gasteiger partial charge in [0.15, 0.2) is 5.58 Å². The molecule has 4 aromatic carbocycles. The molecule has 1 N–H and O–H groups in total. The highest BCUT2D eigenvalue weighted by atomic mass is 16.3. The molecule has 0 saturated heterocycles. The average molecular weight is 333 g/mol. The number of hydrogen-bond acceptors (Lipinski definition) is 1. The number of rotatable bonds is 1. The first-order valence-electron chi connectivity index (χ1n) is 8.80. The van der Waals surface area contributed by atoms with Crippen LogP contribution in [0.3, 0.4) is 0 Å². The zero-order valence-electron chi connectivity index (χ0n) is 14.0. The van der Waals surface area contributed by atoms with Crippen LogP contribution in [0.25, 0.3) is 54.9 Å². The number of aromatic nitrogens is 1. The molecule has 6 aromatic rings. The van der Waals surface area contributed by atoms with Crippen molar-refractivity contribution in [1.82, 2.24) is 4.98 Å². The molecular weight excluding hydrogens is 318 g/mol. The number of fused-ring (bicyclic) bond motifs is 7. The van der Waals surface area contributed by atoms with Gasteiger partial charge in [-0.2, -0.15) is 0 Å². The van der Waals surface area contributed by atoms with Crippen LogP contribution in [0, 0.1) is 0 Å². The molecule has 0 aliphatic rings. The number of furan rings is 1. The second kappa shape index (κ2) is 4.99. The fourth-order valence-corrected chi connectivity index (χ4v) is 4.05. The molecule has 2 heteroatoms. The molecular formula is C24H15NO. The van der Waals surface area contributed by atoms with Crippen LogP contribution < -0.4 is 0 Å². The van der Waals surface area contributed by atoms with Crippen molar-refractivity contribution in [2.24, 2.45) is 0 Å². The van der Waals surface area contributed by atoms with Gasteiger partial charge in [0, 0.05) is 27.1 Å². The molecule has 0 spiro atoms. The van der Waals surface area contributed by atoms with Crippen molar-refractivity contribution in [3.05, 3.63) is 84.9 Å². The molecule has 0 bridgehead atoms. The molecule has 0 radical (unpaired) electrons. The molecule has 122 valence electrons. The first-order valence-corrected chi connectivity index (χ1v) is 8.80. The Labute approximate surface area is 149 Å². The maximum atomic E-state index is 6.25. The van der Waals surface area contributed by atoms with E-state index in [1.807, 2.05) is 12.1 Å². The number of benzene rings is 4. The fraction of sp³-hybridized carbons (Fsp3) is 0. The quantitative estimate of drug-likeness (QED) is 0.349. The van der Waals surface area contributed by atoms with Crippen LogP contribution in [0.4, 0.5) is 0 Å². The third kappa shape index (κ3) is 1.76. The smallest absolute Gasteiger partial charge is 0.159 e. The van der Waals surface area contributed by atoms with Gasteiger partial charge in [0.05, 0.1) is 5.52 Å². The van der Waals surface area contributed by atoms with E-state index in [-0.39, 0.29) is 0 Å². The van der Waals surface area contributed by atoms with Crippen molar-refractivity contribution in [3.63, 3.8) is 0 Å². The van der Waals surface area contributed by atoms with Gasteiger partial charge < -0.3 is 9.40 Å². The summed E-state index contributed by atoms with van der Waals surface area (Å²) in [5.74, 6) is 0. The van der Waals surface area contributed by atoms with Gasteiger partial charge in [0.25, 0.3) is 0 Å². The Bertz CT molecular complexity index is 1420. The van der Waals surface area contributed by atoms with Crippen LogP contribution in [-0.2, 0) is 0 Å². The molecule has 0 amide bonds. The fourth-order valence-electron chi connectivity index (χ4n) is 4.05. The summed E-state index contributed by atoms with van der Waals surface area (Å²) in [7, 11) is 0. The number of nitrogens with one attached hydrogen (secondary N) is 1. The summed E-state index contributed by atoms with van der Waals surface area (Å²) >= 11 is 0. The van der Waals surface area contributed by atoms with Gasteiger partial charge in [-0.1, -0.05) is 66.7 Å². The normalized spacial score (nSPS) is 11.8. The van der Waals surface area contributed by atoms with E-state index < -0.39 is 0 Å². The predicted octanol–water partition coefficient (Wildman–Crippen LogP) is 6.89. The van der Waals surface area contributed by atoms with Gasteiger partial charge in [0.1, 0.15) is 5.58 Å². The Morgan fingerprint density at radius 2 is 1.38 bits per heavy atom. The third-order valence-electron chi connectivity index (χ3n) is 5.21. The summed E-state index contributed by atoms with van der Waals surface area (Å²) in [6.07, 6.45) is 0. The lowest BCUT2D eigenvalue weighted by Gasteiger charge is -2.05. The molecule has 2 aromatic heterocycles. The van der Waals surface area contributed by atoms with Crippen molar-refractivity contribution in [1.29, 1.82) is 0 Å². The molecule has 2 heterocycles. The summed E-state index contributed by atoms with van der Waals surface area (Å²) in [5, 5.41) is 4.75. The monoisotopic (exact) mass is 333 g/mol. The van der Waals surface area contributed by atoms with Crippen molar-refractivity contribution in [2.45, 2.75) is 0 Å². The lowest BCUT2D eigenvalue weighted by Crippen LogP contribution is -1.81. The molecule has 0 saturated carbocycles. The number of H-pyrrole nitrogens is 1. The van der Waals surface area contributed by atoms with Gasteiger partial charge >= 0.3 is 0 Å². The molecule has 6 rings (SSSR count). The zero-order chi connectivity index (χ0) is 17.1. The summed E-state index contributed by atoms with van der Waals surface area (Å²) in [5.41, 5.74) is 6.50. The Balaban J connectivity index is 1.91. The molecule has 0 unspecified atom stereocenters. The van der Waals surface area contributed by atoms with Gasteiger partial charge in [-0.05, 0) is 29.3 Å². The van der Waals surface area contributed by atoms with Gasteiger partial charge in [-0.25, -0.2) is 0 Å². The first-order chi connectivity index (χ1) is 12.9. The molecule has 2 nitrogen and oxygen atoms in total. The first kappa shape index (κ1) is 13.7. The van der Waals surface area contributed by atoms with Crippen molar-refractivity contribution < 1.29 is 4.42 Å². The lowest BCUT2D eigenvalue weighted by molar-refractivity contribution is 0.672. The third-order valence-corrected chi connectivity index (χ3v) is 5.21. The molecule has 0 atom stereocenters. The van der Waals surface area contributed by atoms with Gasteiger partial charge in [-0.3, -0.25) is 0 Å². The minimum atomic E-state index is 0.924. The van der Waals surface area contributed by atoms with Crippen LogP contribution in [0.1, 0.15) is 0 Å². The van der Waals surface area contributed by atoms with E-state index in [0.717, 1.165) is 33.0 Å². The highest BCUT2D eigenvalue weighted by Gasteiger charge is 2.18. The van der Waals surface area contributed by atoms with E-state index in [2.05, 4.69) is 77.8 Å². The highest BCUT2D eigenvalue weighted by molar-refractivity contribution is 6.25. The lowest BCUT2D eigenvalue weighted by atomic mass is 9.97. The molecule has 0 fully saturated rings. The van der Waals surface area contributed by atoms with Crippen molar-refractivity contribution in [2.75, 3.05) is 0 Å². The second-order valence-electron chi connectivity index (χ2n) is 6.69. The van der Waals surface area contributed by atoms with Gasteiger partial charge in [0.2, 0.25) is 0 Å². The highest BCUT2D eigenvalue weighted by Crippen LogP contribution is 2.42. The van der Waals surface area contributed by atoms with Crippen LogP contribution in [-0.4, -0.2) is 4.98 Å². The summed E-state index contributed by atoms with van der Waals surface area (Å²) in [4.78, 5) is 3.60. The largest absolute Gasteiger partial charge is 0.454 e. The SMILES string of the molecule is c1ccc(-c2cc3c4ccccc4oc3c3[nH]c4ccccc4c23)cc1. The zero-order valence-corrected chi connectivity index (χ0v) is 14.0. The Morgan fingerprint density at radius 3 is 2.27 bits per heavy atom. The predicted molar refractivity (Wildman–Crippen MR) is 109 cm³/mol. The maximum absolute atomic E-state index is 6.25. The van der Waals surface area contributed by atoms with E-state index in [9.17, 15) is 0 Å². The topological polar surface area (TPSA) is 28.9 Å². The van der Waals surface area contributed by atoms with Gasteiger partial charge in [-0.15, -0.1) is 0 Å². The van der Waals surface area contributed by atoms with Crippen molar-refractivity contribution in [3.8, 4) is 11.1 Å². The van der Waals surface area contributed by atoms with Crippen LogP contribution in [0.15, 0.2) is 89.3 Å². The number of para-hydroxylation sites is 2. The Hall–Kier alpha value is -3.52. The van der Waals surface area contributed by atoms with Crippen LogP contribution >= 0.6 is 0 Å². The van der Waals surface area contributed by atoms with E-state index in [4.69, 9.17) is 4.42 Å². The molecule has 26 heavy (non-hydrogen) atoms. The van der Waals surface area contributed by atoms with Crippen LogP contribution in [0.5, 0.6) is 0 Å². The van der Waals surface area contributed by atoms with Crippen molar-refractivity contribution >= 4 is 43.7 Å². The van der Waals surface area contributed by atoms with E-state index in [0.29, 0.717) is 0 Å². The summed E-state index contributed by atoms with van der Waals surface area (Å²) < 4.78 is 6.25. The Morgan fingerprint density at radius 1 is 0.654 bits per heavy atom. The minimum absolute atomic E-state index is 0.924. The van der Waals surface area contributed by atoms with Crippen LogP contribution in [0.2, 0.25) is 0 Å². The average Bonchev–Trinajstić information content (AvgIpc) is 3.27. The van der Waals surface area contributed by atoms with E-state index in [1.54, 1.807) is 0 Å². The number of aromatic amines is 1. The molecule has 0 aliphatic heterocycles.